The minimum atomic E-state index is -1.28. The fourth-order valence-electron chi connectivity index (χ4n) is 1.48. The number of aromatic nitrogens is 1. The van der Waals surface area contributed by atoms with Gasteiger partial charge in [0, 0.05) is 6.07 Å². The van der Waals surface area contributed by atoms with E-state index >= 15 is 0 Å². The molecule has 17 heavy (non-hydrogen) atoms. The first-order chi connectivity index (χ1) is 8.00. The first kappa shape index (κ1) is 11.1. The van der Waals surface area contributed by atoms with Crippen molar-refractivity contribution in [3.05, 3.63) is 35.3 Å². The van der Waals surface area contributed by atoms with E-state index in [4.69, 9.17) is 5.11 Å². The predicted molar refractivity (Wildman–Crippen MR) is 55.3 cm³/mol. The molecular formula is C11H8FNO4. The highest BCUT2D eigenvalue weighted by Crippen LogP contribution is 2.33. The summed E-state index contributed by atoms with van der Waals surface area (Å²) in [7, 11) is 0. The fourth-order valence-corrected chi connectivity index (χ4v) is 1.48. The Morgan fingerprint density at radius 2 is 2.18 bits per heavy atom. The first-order valence-electron chi connectivity index (χ1n) is 4.69. The Morgan fingerprint density at radius 3 is 2.76 bits per heavy atom. The summed E-state index contributed by atoms with van der Waals surface area (Å²) < 4.78 is 17.7. The molecule has 2 rings (SSSR count). The fraction of sp³-hybridized carbons (Fsp3) is 0.0909. The van der Waals surface area contributed by atoms with Crippen LogP contribution in [0.2, 0.25) is 0 Å². The van der Waals surface area contributed by atoms with Gasteiger partial charge in [-0.15, -0.1) is 0 Å². The maximum absolute atomic E-state index is 13.2. The van der Waals surface area contributed by atoms with Gasteiger partial charge in [0.15, 0.2) is 11.6 Å². The monoisotopic (exact) mass is 237 g/mol. The molecule has 0 saturated heterocycles. The van der Waals surface area contributed by atoms with Gasteiger partial charge in [0.2, 0.25) is 5.76 Å². The van der Waals surface area contributed by atoms with Crippen LogP contribution in [0.15, 0.2) is 22.7 Å². The van der Waals surface area contributed by atoms with E-state index in [1.165, 1.54) is 6.07 Å². The number of rotatable bonds is 2. The van der Waals surface area contributed by atoms with Crippen molar-refractivity contribution in [2.45, 2.75) is 6.92 Å². The van der Waals surface area contributed by atoms with Crippen molar-refractivity contribution < 1.29 is 23.9 Å². The second kappa shape index (κ2) is 3.89. The number of carboxylic acid groups (broad SMARTS) is 1. The molecule has 0 radical (unpaired) electrons. The largest absolute Gasteiger partial charge is 0.504 e. The lowest BCUT2D eigenvalue weighted by molar-refractivity contribution is 0.0652. The summed E-state index contributed by atoms with van der Waals surface area (Å²) in [6.45, 7) is 1.64. The van der Waals surface area contributed by atoms with Gasteiger partial charge in [0.1, 0.15) is 5.69 Å². The lowest BCUT2D eigenvalue weighted by Gasteiger charge is -2.05. The Balaban J connectivity index is 2.60. The van der Waals surface area contributed by atoms with E-state index in [-0.39, 0.29) is 17.0 Å². The summed E-state index contributed by atoms with van der Waals surface area (Å²) >= 11 is 0. The van der Waals surface area contributed by atoms with E-state index in [2.05, 4.69) is 9.68 Å². The zero-order chi connectivity index (χ0) is 12.6. The van der Waals surface area contributed by atoms with E-state index in [1.54, 1.807) is 6.92 Å². The van der Waals surface area contributed by atoms with Crippen LogP contribution in [0.4, 0.5) is 4.39 Å². The van der Waals surface area contributed by atoms with Crippen LogP contribution < -0.4 is 0 Å². The zero-order valence-corrected chi connectivity index (χ0v) is 8.77. The molecule has 0 aliphatic rings. The molecule has 0 fully saturated rings. The lowest BCUT2D eigenvalue weighted by Crippen LogP contribution is -1.92. The number of hydrogen-bond donors (Lipinski definition) is 2. The van der Waals surface area contributed by atoms with E-state index < -0.39 is 17.5 Å². The van der Waals surface area contributed by atoms with Gasteiger partial charge in [-0.05, 0) is 18.6 Å². The molecule has 2 aromatic rings. The molecule has 1 aromatic carbocycles. The Hall–Kier alpha value is -2.37. The molecule has 5 nitrogen and oxygen atoms in total. The van der Waals surface area contributed by atoms with Crippen molar-refractivity contribution in [1.82, 2.24) is 5.16 Å². The normalized spacial score (nSPS) is 10.5. The predicted octanol–water partition coefficient (Wildman–Crippen LogP) is 2.19. The molecular weight excluding hydrogens is 229 g/mol. The zero-order valence-electron chi connectivity index (χ0n) is 8.77. The molecule has 0 atom stereocenters. The number of phenolic OH excluding ortho intramolecular Hbond substituents is 1. The third-order valence-electron chi connectivity index (χ3n) is 2.31. The van der Waals surface area contributed by atoms with Crippen LogP contribution in [0.1, 0.15) is 16.1 Å². The van der Waals surface area contributed by atoms with Crippen LogP contribution in [0.3, 0.4) is 0 Å². The molecule has 88 valence electrons. The molecule has 2 N–H and O–H groups in total. The van der Waals surface area contributed by atoms with Gasteiger partial charge >= 0.3 is 5.97 Å². The molecule has 0 bridgehead atoms. The van der Waals surface area contributed by atoms with Crippen LogP contribution in [0.25, 0.3) is 11.3 Å². The Bertz CT molecular complexity index is 591. The second-order valence-electron chi connectivity index (χ2n) is 3.47. The second-order valence-corrected chi connectivity index (χ2v) is 3.47. The van der Waals surface area contributed by atoms with E-state index in [0.29, 0.717) is 5.56 Å². The van der Waals surface area contributed by atoms with Crippen LogP contribution in [0, 0.1) is 12.7 Å². The van der Waals surface area contributed by atoms with Crippen LogP contribution >= 0.6 is 0 Å². The number of aryl methyl sites for hydroxylation is 1. The lowest BCUT2D eigenvalue weighted by atomic mass is 10.0. The molecule has 1 aromatic heterocycles. The van der Waals surface area contributed by atoms with Gasteiger partial charge in [0.25, 0.3) is 0 Å². The third kappa shape index (κ3) is 1.84. The number of carboxylic acids is 1. The minimum Gasteiger partial charge on any atom is -0.504 e. The minimum absolute atomic E-state index is 0.0805. The summed E-state index contributed by atoms with van der Waals surface area (Å²) in [5.74, 6) is -3.03. The highest BCUT2D eigenvalue weighted by atomic mass is 19.1. The topological polar surface area (TPSA) is 83.6 Å². The third-order valence-corrected chi connectivity index (χ3v) is 2.31. The molecule has 0 amide bonds. The first-order valence-corrected chi connectivity index (χ1v) is 4.69. The van der Waals surface area contributed by atoms with Gasteiger partial charge in [-0.1, -0.05) is 11.2 Å². The average Bonchev–Trinajstić information content (AvgIpc) is 2.73. The number of halogens is 1. The van der Waals surface area contributed by atoms with Crippen molar-refractivity contribution >= 4 is 5.97 Å². The van der Waals surface area contributed by atoms with Crippen molar-refractivity contribution in [2.75, 3.05) is 0 Å². The quantitative estimate of drug-likeness (QED) is 0.836. The van der Waals surface area contributed by atoms with Crippen molar-refractivity contribution in [3.8, 4) is 17.0 Å². The van der Waals surface area contributed by atoms with Crippen molar-refractivity contribution in [1.29, 1.82) is 0 Å². The molecule has 0 unspecified atom stereocenters. The van der Waals surface area contributed by atoms with Gasteiger partial charge in [-0.2, -0.15) is 0 Å². The number of aromatic hydroxyl groups is 1. The number of nitrogens with zero attached hydrogens (tertiary/aromatic N) is 1. The highest BCUT2D eigenvalue weighted by molar-refractivity contribution is 5.86. The number of hydrogen-bond acceptors (Lipinski definition) is 4. The summed E-state index contributed by atoms with van der Waals surface area (Å²) in [5, 5.41) is 21.7. The Kier molecular flexibility index (Phi) is 2.55. The summed E-state index contributed by atoms with van der Waals surface area (Å²) in [6.07, 6.45) is 0. The summed E-state index contributed by atoms with van der Waals surface area (Å²) in [4.78, 5) is 10.6. The van der Waals surface area contributed by atoms with Gasteiger partial charge < -0.3 is 14.7 Å². The van der Waals surface area contributed by atoms with Crippen LogP contribution in [-0.4, -0.2) is 21.3 Å². The van der Waals surface area contributed by atoms with Gasteiger partial charge in [-0.3, -0.25) is 0 Å². The standard InChI is InChI=1S/C11H8FNO4/c1-5-2-3-6(12)10(14)9(5)7-4-8(11(15)16)17-13-7/h2-4,14H,1H3,(H,15,16). The molecule has 1 heterocycles. The SMILES string of the molecule is Cc1ccc(F)c(O)c1-c1cc(C(=O)O)on1. The van der Waals surface area contributed by atoms with Crippen LogP contribution in [-0.2, 0) is 0 Å². The number of phenols is 1. The van der Waals surface area contributed by atoms with Gasteiger partial charge in [0.05, 0.1) is 5.56 Å². The molecule has 0 saturated carbocycles. The average molecular weight is 237 g/mol. The smallest absolute Gasteiger partial charge is 0.374 e. The number of carbonyl (C=O) groups is 1. The van der Waals surface area contributed by atoms with E-state index in [9.17, 15) is 14.3 Å². The Labute approximate surface area is 95.1 Å². The number of benzene rings is 1. The highest BCUT2D eigenvalue weighted by Gasteiger charge is 2.18. The maximum atomic E-state index is 13.2. The van der Waals surface area contributed by atoms with Crippen LogP contribution in [0.5, 0.6) is 5.75 Å². The molecule has 0 spiro atoms. The van der Waals surface area contributed by atoms with Crippen molar-refractivity contribution in [2.24, 2.45) is 0 Å². The van der Waals surface area contributed by atoms with Crippen molar-refractivity contribution in [3.63, 3.8) is 0 Å². The molecule has 0 aliphatic heterocycles. The Morgan fingerprint density at radius 1 is 1.47 bits per heavy atom. The summed E-state index contributed by atoms with van der Waals surface area (Å²) in [6, 6.07) is 3.70. The summed E-state index contributed by atoms with van der Waals surface area (Å²) in [5.41, 5.74) is 0.771. The maximum Gasteiger partial charge on any atom is 0.374 e. The van der Waals surface area contributed by atoms with E-state index in [1.807, 2.05) is 0 Å². The van der Waals surface area contributed by atoms with E-state index in [0.717, 1.165) is 12.1 Å². The van der Waals surface area contributed by atoms with Gasteiger partial charge in [-0.25, -0.2) is 9.18 Å². The molecule has 0 aliphatic carbocycles. The number of aromatic carboxylic acids is 1. The molecule has 6 heteroatoms.